The van der Waals surface area contributed by atoms with Gasteiger partial charge < -0.3 is 10.2 Å². The third-order valence-corrected chi connectivity index (χ3v) is 8.26. The molecule has 6 nitrogen and oxygen atoms in total. The van der Waals surface area contributed by atoms with Gasteiger partial charge in [0.1, 0.15) is 5.82 Å². The minimum absolute atomic E-state index is 0.000511. The molecule has 9 heteroatoms. The van der Waals surface area contributed by atoms with Gasteiger partial charge in [0.2, 0.25) is 5.91 Å². The number of fused-ring (bicyclic) bond motifs is 1. The van der Waals surface area contributed by atoms with Crippen LogP contribution in [0.2, 0.25) is 10.0 Å². The van der Waals surface area contributed by atoms with E-state index in [1.807, 2.05) is 6.08 Å². The first-order valence-electron chi connectivity index (χ1n) is 13.3. The summed E-state index contributed by atoms with van der Waals surface area (Å²) in [5, 5.41) is 8.84. The van der Waals surface area contributed by atoms with E-state index in [1.165, 1.54) is 38.3 Å². The normalized spacial score (nSPS) is 17.7. The molecule has 1 aliphatic heterocycles. The Kier molecular flexibility index (Phi) is 8.10. The Bertz CT molecular complexity index is 1430. The number of nitrogens with zero attached hydrogens (tertiary/aromatic N) is 3. The average Bonchev–Trinajstić information content (AvgIpc) is 3.30. The maximum Gasteiger partial charge on any atom is 0.272 e. The van der Waals surface area contributed by atoms with Crippen LogP contribution in [0.5, 0.6) is 0 Å². The standard InChI is InChI=1S/C30H31Cl2FN4O2/c1-18(21-6-4-3-5-7-21)34-30(39)28-25-17-36(19(2)38)16-22(14-20-8-11-24(33)12-9-20)29(25)37(35-28)27-13-10-23(31)15-26(27)32/h8-15,18,21H,3-7,16-17H2,1-2H3,(H,34,39)/b22-14+/t18-/m0/s1. The highest BCUT2D eigenvalue weighted by atomic mass is 35.5. The molecule has 0 bridgehead atoms. The van der Waals surface area contributed by atoms with Gasteiger partial charge in [0.05, 0.1) is 22.9 Å². The maximum absolute atomic E-state index is 13.7. The van der Waals surface area contributed by atoms with Crippen molar-refractivity contribution in [2.24, 2.45) is 5.92 Å². The van der Waals surface area contributed by atoms with Crippen LogP contribution in [-0.2, 0) is 11.3 Å². The molecular weight excluding hydrogens is 538 g/mol. The summed E-state index contributed by atoms with van der Waals surface area (Å²) < 4.78 is 15.3. The lowest BCUT2D eigenvalue weighted by Crippen LogP contribution is -2.40. The van der Waals surface area contributed by atoms with E-state index in [2.05, 4.69) is 12.2 Å². The zero-order valence-corrected chi connectivity index (χ0v) is 23.5. The molecule has 2 aliphatic rings. The summed E-state index contributed by atoms with van der Waals surface area (Å²) in [6.45, 7) is 4.09. The number of aromatic nitrogens is 2. The van der Waals surface area contributed by atoms with Crippen molar-refractivity contribution in [3.8, 4) is 5.69 Å². The van der Waals surface area contributed by atoms with Crippen LogP contribution in [0.15, 0.2) is 42.5 Å². The minimum Gasteiger partial charge on any atom is -0.348 e. The number of carbonyl (C=O) groups excluding carboxylic acids is 2. The predicted octanol–water partition coefficient (Wildman–Crippen LogP) is 6.92. The number of benzene rings is 2. The Labute approximate surface area is 237 Å². The molecule has 1 aliphatic carbocycles. The Morgan fingerprint density at radius 3 is 2.46 bits per heavy atom. The topological polar surface area (TPSA) is 67.2 Å². The third kappa shape index (κ3) is 5.89. The van der Waals surface area contributed by atoms with Gasteiger partial charge in [0.25, 0.3) is 5.91 Å². The number of nitrogens with one attached hydrogen (secondary N) is 1. The third-order valence-electron chi connectivity index (χ3n) is 7.72. The van der Waals surface area contributed by atoms with Gasteiger partial charge in [-0.05, 0) is 73.2 Å². The number of halogens is 3. The second-order valence-electron chi connectivity index (χ2n) is 10.4. The Morgan fingerprint density at radius 1 is 1.08 bits per heavy atom. The lowest BCUT2D eigenvalue weighted by molar-refractivity contribution is -0.128. The quantitative estimate of drug-likeness (QED) is 0.363. The fraction of sp³-hybridized carbons (Fsp3) is 0.367. The first kappa shape index (κ1) is 27.4. The van der Waals surface area contributed by atoms with Crippen LogP contribution in [-0.4, -0.2) is 39.1 Å². The van der Waals surface area contributed by atoms with Crippen LogP contribution in [0.4, 0.5) is 4.39 Å². The second kappa shape index (κ2) is 11.5. The summed E-state index contributed by atoms with van der Waals surface area (Å²) in [7, 11) is 0. The van der Waals surface area contributed by atoms with Crippen LogP contribution in [0.1, 0.15) is 73.3 Å². The van der Waals surface area contributed by atoms with E-state index in [4.69, 9.17) is 28.3 Å². The summed E-state index contributed by atoms with van der Waals surface area (Å²) in [6, 6.07) is 11.2. The van der Waals surface area contributed by atoms with E-state index in [0.717, 1.165) is 24.0 Å². The molecule has 1 saturated carbocycles. The van der Waals surface area contributed by atoms with Gasteiger partial charge in [0.15, 0.2) is 5.69 Å². The van der Waals surface area contributed by atoms with Gasteiger partial charge in [-0.25, -0.2) is 9.07 Å². The van der Waals surface area contributed by atoms with Crippen molar-refractivity contribution >= 4 is 46.7 Å². The smallest absolute Gasteiger partial charge is 0.272 e. The molecule has 0 radical (unpaired) electrons. The van der Waals surface area contributed by atoms with Crippen molar-refractivity contribution in [1.29, 1.82) is 0 Å². The summed E-state index contributed by atoms with van der Waals surface area (Å²) >= 11 is 12.8. The van der Waals surface area contributed by atoms with E-state index in [9.17, 15) is 14.0 Å². The molecule has 2 amide bonds. The minimum atomic E-state index is -0.337. The van der Waals surface area contributed by atoms with Gasteiger partial charge in [-0.3, -0.25) is 9.59 Å². The highest BCUT2D eigenvalue weighted by Crippen LogP contribution is 2.36. The van der Waals surface area contributed by atoms with Crippen LogP contribution in [0, 0.1) is 11.7 Å². The van der Waals surface area contributed by atoms with Gasteiger partial charge in [0, 0.05) is 30.1 Å². The van der Waals surface area contributed by atoms with Crippen molar-refractivity contribution in [2.75, 3.05) is 6.54 Å². The Hall–Kier alpha value is -3.16. The van der Waals surface area contributed by atoms with Crippen molar-refractivity contribution in [1.82, 2.24) is 20.0 Å². The predicted molar refractivity (Wildman–Crippen MR) is 152 cm³/mol. The van der Waals surface area contributed by atoms with Crippen LogP contribution in [0.3, 0.4) is 0 Å². The molecule has 5 rings (SSSR count). The fourth-order valence-corrected chi connectivity index (χ4v) is 6.08. The van der Waals surface area contributed by atoms with Crippen molar-refractivity contribution < 1.29 is 14.0 Å². The zero-order valence-electron chi connectivity index (χ0n) is 22.0. The number of amides is 2. The van der Waals surface area contributed by atoms with Crippen LogP contribution >= 0.6 is 23.2 Å². The van der Waals surface area contributed by atoms with Gasteiger partial charge >= 0.3 is 0 Å². The average molecular weight is 570 g/mol. The van der Waals surface area contributed by atoms with E-state index >= 15 is 0 Å². The molecule has 2 aromatic carbocycles. The lowest BCUT2D eigenvalue weighted by Gasteiger charge is -2.30. The highest BCUT2D eigenvalue weighted by Gasteiger charge is 2.34. The van der Waals surface area contributed by atoms with E-state index in [-0.39, 0.29) is 35.9 Å². The number of hydrogen-bond acceptors (Lipinski definition) is 3. The monoisotopic (exact) mass is 568 g/mol. The number of carbonyl (C=O) groups is 2. The molecule has 204 valence electrons. The second-order valence-corrected chi connectivity index (χ2v) is 11.3. The largest absolute Gasteiger partial charge is 0.348 e. The van der Waals surface area contributed by atoms with Crippen molar-refractivity contribution in [2.45, 2.75) is 58.5 Å². The molecule has 1 atom stereocenters. The van der Waals surface area contributed by atoms with E-state index in [0.29, 0.717) is 39.5 Å². The van der Waals surface area contributed by atoms with Gasteiger partial charge in [-0.2, -0.15) is 5.10 Å². The summed E-state index contributed by atoms with van der Waals surface area (Å²) in [5.74, 6) is -0.311. The van der Waals surface area contributed by atoms with Crippen molar-refractivity contribution in [3.63, 3.8) is 0 Å². The number of hydrogen-bond donors (Lipinski definition) is 1. The van der Waals surface area contributed by atoms with Crippen LogP contribution in [0.25, 0.3) is 17.3 Å². The molecule has 0 spiro atoms. The van der Waals surface area contributed by atoms with E-state index in [1.54, 1.807) is 39.9 Å². The molecule has 3 aromatic rings. The molecule has 1 N–H and O–H groups in total. The lowest BCUT2D eigenvalue weighted by atomic mass is 9.84. The fourth-order valence-electron chi connectivity index (χ4n) is 5.59. The summed E-state index contributed by atoms with van der Waals surface area (Å²) in [5.41, 5.74) is 3.68. The molecule has 39 heavy (non-hydrogen) atoms. The number of rotatable bonds is 5. The SMILES string of the molecule is CC(=O)N1C/C(=C\c2ccc(F)cc2)c2c(c(C(=O)N[C@@H](C)C3CCCCC3)nn2-c2ccc(Cl)cc2Cl)C1. The summed E-state index contributed by atoms with van der Waals surface area (Å²) in [6.07, 6.45) is 7.67. The first-order valence-corrected chi connectivity index (χ1v) is 14.1. The Morgan fingerprint density at radius 2 is 1.79 bits per heavy atom. The molecule has 1 aromatic heterocycles. The van der Waals surface area contributed by atoms with Gasteiger partial charge in [-0.1, -0.05) is 54.6 Å². The molecule has 0 unspecified atom stereocenters. The van der Waals surface area contributed by atoms with E-state index < -0.39 is 0 Å². The molecular formula is C30H31Cl2FN4O2. The first-order chi connectivity index (χ1) is 18.7. The van der Waals surface area contributed by atoms with Crippen molar-refractivity contribution in [3.05, 3.63) is 80.8 Å². The molecule has 0 saturated heterocycles. The maximum atomic E-state index is 13.7. The van der Waals surface area contributed by atoms with Crippen LogP contribution < -0.4 is 5.32 Å². The Balaban J connectivity index is 1.64. The van der Waals surface area contributed by atoms with Gasteiger partial charge in [-0.15, -0.1) is 0 Å². The summed E-state index contributed by atoms with van der Waals surface area (Å²) in [4.78, 5) is 28.0. The zero-order chi connectivity index (χ0) is 27.7. The molecule has 2 heterocycles. The molecule has 1 fully saturated rings. The highest BCUT2D eigenvalue weighted by molar-refractivity contribution is 6.35.